The van der Waals surface area contributed by atoms with Crippen molar-refractivity contribution < 1.29 is 19.1 Å². The van der Waals surface area contributed by atoms with Crippen molar-refractivity contribution in [1.29, 1.82) is 0 Å². The summed E-state index contributed by atoms with van der Waals surface area (Å²) in [5, 5.41) is 2.41. The molecule has 0 bridgehead atoms. The van der Waals surface area contributed by atoms with Crippen molar-refractivity contribution >= 4 is 17.8 Å². The fraction of sp³-hybridized carbons (Fsp3) is 0.190. The summed E-state index contributed by atoms with van der Waals surface area (Å²) in [6.07, 6.45) is 0. The van der Waals surface area contributed by atoms with Crippen LogP contribution in [0, 0.1) is 11.8 Å². The topological polar surface area (TPSA) is 66.7 Å². The fourth-order valence-electron chi connectivity index (χ4n) is 3.14. The third-order valence-electron chi connectivity index (χ3n) is 4.45. The molecule has 2 aliphatic heterocycles. The van der Waals surface area contributed by atoms with Crippen LogP contribution in [0.1, 0.15) is 33.2 Å². The highest BCUT2D eigenvalue weighted by Gasteiger charge is 2.61. The average Bonchev–Trinajstić information content (AvgIpc) is 3.34. The smallest absolute Gasteiger partial charge is 0.328 e. The molecule has 2 heterocycles. The monoisotopic (exact) mass is 360 g/mol. The normalized spacial score (nSPS) is 22.7. The number of imide groups is 1. The number of carbonyl (C=O) groups excluding carboxylic acids is 3. The Kier molecular flexibility index (Phi) is 4.22. The van der Waals surface area contributed by atoms with E-state index in [4.69, 9.17) is 4.74 Å². The molecular formula is C21H16N2O4. The highest BCUT2D eigenvalue weighted by atomic mass is 16.5. The number of carbonyl (C=O) groups is 3. The molecule has 0 saturated carbocycles. The van der Waals surface area contributed by atoms with Crippen LogP contribution in [0.25, 0.3) is 0 Å². The molecule has 0 radical (unpaired) electrons. The maximum Gasteiger partial charge on any atom is 0.328 e. The number of hydrogen-bond donors (Lipinski definition) is 0. The molecule has 0 aromatic heterocycles. The Morgan fingerprint density at radius 1 is 1.00 bits per heavy atom. The Morgan fingerprint density at radius 3 is 2.19 bits per heavy atom. The number of hydrazine groups is 1. The Morgan fingerprint density at radius 2 is 1.59 bits per heavy atom. The zero-order chi connectivity index (χ0) is 19.0. The summed E-state index contributed by atoms with van der Waals surface area (Å²) < 4.78 is 5.09. The molecule has 1 unspecified atom stereocenters. The lowest BCUT2D eigenvalue weighted by Crippen LogP contribution is -2.38. The SMILES string of the molecule is CCOC(=O)[C@@H]1[C@@H](C#Cc2ccccc2)N1N1C(=O)c2ccccc2C1=O. The van der Waals surface area contributed by atoms with E-state index < -0.39 is 29.9 Å². The number of rotatable bonds is 3. The van der Waals surface area contributed by atoms with Crippen LogP contribution < -0.4 is 0 Å². The standard InChI is InChI=1S/C21H16N2O4/c1-2-27-21(26)18-17(13-12-14-8-4-3-5-9-14)22(18)23-19(24)15-10-6-7-11-16(15)20(23)25/h3-11,17-18H,2H2,1H3/t17-,18+,22?/m1/s1. The third kappa shape index (κ3) is 2.88. The first-order valence-corrected chi connectivity index (χ1v) is 8.62. The molecule has 2 aromatic rings. The molecule has 0 aliphatic carbocycles. The van der Waals surface area contributed by atoms with Crippen LogP contribution in [0.2, 0.25) is 0 Å². The quantitative estimate of drug-likeness (QED) is 0.362. The van der Waals surface area contributed by atoms with Crippen LogP contribution in [0.4, 0.5) is 0 Å². The molecule has 27 heavy (non-hydrogen) atoms. The van der Waals surface area contributed by atoms with Crippen LogP contribution in [0.3, 0.4) is 0 Å². The summed E-state index contributed by atoms with van der Waals surface area (Å²) in [6, 6.07) is 14.5. The largest absolute Gasteiger partial charge is 0.465 e. The highest BCUT2D eigenvalue weighted by molar-refractivity contribution is 6.21. The van der Waals surface area contributed by atoms with Gasteiger partial charge in [0.25, 0.3) is 11.8 Å². The maximum absolute atomic E-state index is 12.7. The van der Waals surface area contributed by atoms with Gasteiger partial charge in [-0.15, -0.1) is 0 Å². The summed E-state index contributed by atoms with van der Waals surface area (Å²) in [5.41, 5.74) is 1.44. The van der Waals surface area contributed by atoms with Crippen molar-refractivity contribution in [2.75, 3.05) is 6.61 Å². The van der Waals surface area contributed by atoms with Crippen LogP contribution >= 0.6 is 0 Å². The van der Waals surface area contributed by atoms with Gasteiger partial charge in [0.1, 0.15) is 6.04 Å². The van der Waals surface area contributed by atoms with Gasteiger partial charge in [0.2, 0.25) is 0 Å². The molecule has 134 valence electrons. The zero-order valence-corrected chi connectivity index (χ0v) is 14.6. The van der Waals surface area contributed by atoms with E-state index in [0.717, 1.165) is 10.6 Å². The van der Waals surface area contributed by atoms with E-state index in [0.29, 0.717) is 11.1 Å². The highest BCUT2D eigenvalue weighted by Crippen LogP contribution is 2.36. The number of nitrogens with zero attached hydrogens (tertiary/aromatic N) is 2. The summed E-state index contributed by atoms with van der Waals surface area (Å²) >= 11 is 0. The summed E-state index contributed by atoms with van der Waals surface area (Å²) in [5.74, 6) is 4.58. The van der Waals surface area contributed by atoms with Gasteiger partial charge in [0.05, 0.1) is 17.7 Å². The van der Waals surface area contributed by atoms with Gasteiger partial charge in [0.15, 0.2) is 6.04 Å². The Hall–Kier alpha value is -3.43. The van der Waals surface area contributed by atoms with Crippen molar-refractivity contribution in [1.82, 2.24) is 10.0 Å². The van der Waals surface area contributed by atoms with Crippen molar-refractivity contribution in [2.45, 2.75) is 19.0 Å². The molecule has 6 heteroatoms. The van der Waals surface area contributed by atoms with Gasteiger partial charge in [-0.2, -0.15) is 10.0 Å². The first-order chi connectivity index (χ1) is 13.1. The molecule has 1 fully saturated rings. The van der Waals surface area contributed by atoms with E-state index in [1.807, 2.05) is 30.3 Å². The molecule has 0 spiro atoms. The summed E-state index contributed by atoms with van der Waals surface area (Å²) in [6.45, 7) is 1.92. The predicted octanol–water partition coefficient (Wildman–Crippen LogP) is 1.87. The van der Waals surface area contributed by atoms with E-state index in [2.05, 4.69) is 11.8 Å². The molecule has 3 atom stereocenters. The number of hydrogen-bond acceptors (Lipinski definition) is 5. The second-order valence-corrected chi connectivity index (χ2v) is 6.12. The Labute approximate surface area is 156 Å². The molecule has 4 rings (SSSR count). The van der Waals surface area contributed by atoms with Crippen LogP contribution in [-0.2, 0) is 9.53 Å². The lowest BCUT2D eigenvalue weighted by Gasteiger charge is -2.15. The molecule has 6 nitrogen and oxygen atoms in total. The summed E-state index contributed by atoms with van der Waals surface area (Å²) in [7, 11) is 0. The maximum atomic E-state index is 12.7. The summed E-state index contributed by atoms with van der Waals surface area (Å²) in [4.78, 5) is 37.7. The van der Waals surface area contributed by atoms with Crippen molar-refractivity contribution in [3.63, 3.8) is 0 Å². The van der Waals surface area contributed by atoms with Gasteiger partial charge in [-0.25, -0.2) is 0 Å². The third-order valence-corrected chi connectivity index (χ3v) is 4.45. The van der Waals surface area contributed by atoms with Crippen LogP contribution in [-0.4, -0.2) is 46.5 Å². The second kappa shape index (κ2) is 6.71. The van der Waals surface area contributed by atoms with Gasteiger partial charge < -0.3 is 4.74 Å². The number of esters is 1. The Bertz CT molecular complexity index is 955. The fourth-order valence-corrected chi connectivity index (χ4v) is 3.14. The van der Waals surface area contributed by atoms with Gasteiger partial charge in [-0.3, -0.25) is 14.4 Å². The molecule has 1 saturated heterocycles. The van der Waals surface area contributed by atoms with E-state index in [-0.39, 0.29) is 6.61 Å². The first-order valence-electron chi connectivity index (χ1n) is 8.62. The first kappa shape index (κ1) is 17.0. The minimum Gasteiger partial charge on any atom is -0.465 e. The van der Waals surface area contributed by atoms with Gasteiger partial charge >= 0.3 is 5.97 Å². The minimum atomic E-state index is -0.775. The van der Waals surface area contributed by atoms with Gasteiger partial charge in [-0.05, 0) is 31.2 Å². The lowest BCUT2D eigenvalue weighted by molar-refractivity contribution is -0.144. The number of ether oxygens (including phenoxy) is 1. The Balaban J connectivity index is 1.64. The molecule has 2 aromatic carbocycles. The van der Waals surface area contributed by atoms with Gasteiger partial charge in [-0.1, -0.05) is 42.2 Å². The zero-order valence-electron chi connectivity index (χ0n) is 14.6. The van der Waals surface area contributed by atoms with Crippen molar-refractivity contribution in [3.8, 4) is 11.8 Å². The molecule has 0 N–H and O–H groups in total. The predicted molar refractivity (Wildman–Crippen MR) is 96.3 cm³/mol. The average molecular weight is 360 g/mol. The van der Waals surface area contributed by atoms with E-state index >= 15 is 0 Å². The van der Waals surface area contributed by atoms with Gasteiger partial charge in [0, 0.05) is 5.56 Å². The van der Waals surface area contributed by atoms with Crippen LogP contribution in [0.15, 0.2) is 54.6 Å². The molecular weight excluding hydrogens is 344 g/mol. The van der Waals surface area contributed by atoms with Crippen LogP contribution in [0.5, 0.6) is 0 Å². The van der Waals surface area contributed by atoms with Crippen molar-refractivity contribution in [3.05, 3.63) is 71.3 Å². The number of benzene rings is 2. The van der Waals surface area contributed by atoms with E-state index in [1.54, 1.807) is 31.2 Å². The van der Waals surface area contributed by atoms with Crippen molar-refractivity contribution in [2.24, 2.45) is 0 Å². The number of fused-ring (bicyclic) bond motifs is 1. The number of amides is 2. The molecule has 2 aliphatic rings. The van der Waals surface area contributed by atoms with E-state index in [1.165, 1.54) is 5.01 Å². The molecule has 2 amide bonds. The van der Waals surface area contributed by atoms with E-state index in [9.17, 15) is 14.4 Å². The minimum absolute atomic E-state index is 0.212. The lowest BCUT2D eigenvalue weighted by atomic mass is 10.1. The second-order valence-electron chi connectivity index (χ2n) is 6.12.